The van der Waals surface area contributed by atoms with Gasteiger partial charge in [0.05, 0.1) is 6.10 Å². The molecule has 0 heterocycles. The maximum absolute atomic E-state index is 10.3. The Bertz CT molecular complexity index is 246. The van der Waals surface area contributed by atoms with Gasteiger partial charge < -0.3 is 5.11 Å². The second-order valence-electron chi connectivity index (χ2n) is 5.82. The molecule has 0 aromatic rings. The number of hydrogen-bond donors (Lipinski definition) is 1. The van der Waals surface area contributed by atoms with E-state index in [1.807, 2.05) is 0 Å². The van der Waals surface area contributed by atoms with E-state index >= 15 is 0 Å². The Morgan fingerprint density at radius 2 is 1.44 bits per heavy atom. The van der Waals surface area contributed by atoms with Crippen LogP contribution in [0.15, 0.2) is 12.2 Å². The number of hydrogen-bond acceptors (Lipinski definition) is 1. The predicted octanol–water partition coefficient (Wildman–Crippen LogP) is 4.21. The van der Waals surface area contributed by atoms with Crippen LogP contribution in [0.3, 0.4) is 0 Å². The second-order valence-corrected chi connectivity index (χ2v) is 5.82. The summed E-state index contributed by atoms with van der Waals surface area (Å²) in [7, 11) is 0. The standard InChI is InChI=1S/C15H26O/c1-13-12-15(13)11-9-7-5-3-2-4-6-8-10-14(15)16/h14,16H,1-12H2/t14-,15+/m1/s1. The second kappa shape index (κ2) is 5.35. The highest BCUT2D eigenvalue weighted by atomic mass is 16.3. The minimum Gasteiger partial charge on any atom is -0.392 e. The molecular formula is C15H26O. The summed E-state index contributed by atoms with van der Waals surface area (Å²) in [5.41, 5.74) is 1.47. The van der Waals surface area contributed by atoms with Crippen molar-refractivity contribution < 1.29 is 5.11 Å². The van der Waals surface area contributed by atoms with E-state index < -0.39 is 0 Å². The van der Waals surface area contributed by atoms with Gasteiger partial charge in [0.2, 0.25) is 0 Å². The first-order chi connectivity index (χ1) is 7.76. The molecule has 1 N–H and O–H groups in total. The number of aliphatic hydroxyl groups excluding tert-OH is 1. The van der Waals surface area contributed by atoms with Crippen LogP contribution in [0.2, 0.25) is 0 Å². The molecule has 2 rings (SSSR count). The lowest BCUT2D eigenvalue weighted by molar-refractivity contribution is 0.0818. The molecule has 2 fully saturated rings. The molecule has 0 saturated heterocycles. The van der Waals surface area contributed by atoms with E-state index in [-0.39, 0.29) is 11.5 Å². The SMILES string of the molecule is C=C1C[C@@]12CCCCCCCCCC[C@H]2O. The van der Waals surface area contributed by atoms with Gasteiger partial charge in [-0.3, -0.25) is 0 Å². The van der Waals surface area contributed by atoms with Gasteiger partial charge in [-0.2, -0.15) is 0 Å². The Morgan fingerprint density at radius 1 is 0.938 bits per heavy atom. The first-order valence-electron chi connectivity index (χ1n) is 7.12. The fourth-order valence-corrected chi connectivity index (χ4v) is 3.24. The third-order valence-corrected chi connectivity index (χ3v) is 4.60. The lowest BCUT2D eigenvalue weighted by Crippen LogP contribution is -2.22. The van der Waals surface area contributed by atoms with Crippen LogP contribution in [0.1, 0.15) is 70.6 Å². The van der Waals surface area contributed by atoms with Crippen molar-refractivity contribution in [3.05, 3.63) is 12.2 Å². The van der Waals surface area contributed by atoms with Crippen LogP contribution in [-0.2, 0) is 0 Å². The Labute approximate surface area is 99.9 Å². The highest BCUT2D eigenvalue weighted by molar-refractivity contribution is 5.31. The van der Waals surface area contributed by atoms with Crippen LogP contribution in [-0.4, -0.2) is 11.2 Å². The number of aliphatic hydroxyl groups is 1. The maximum Gasteiger partial charge on any atom is 0.0636 e. The molecule has 0 bridgehead atoms. The van der Waals surface area contributed by atoms with Crippen molar-refractivity contribution in [2.45, 2.75) is 76.7 Å². The summed E-state index contributed by atoms with van der Waals surface area (Å²) in [6, 6.07) is 0. The van der Waals surface area contributed by atoms with E-state index in [4.69, 9.17) is 0 Å². The molecule has 2 aliphatic carbocycles. The third-order valence-electron chi connectivity index (χ3n) is 4.60. The molecule has 2 aliphatic rings. The summed E-state index contributed by atoms with van der Waals surface area (Å²) in [6.07, 6.45) is 13.9. The van der Waals surface area contributed by atoms with E-state index in [1.165, 1.54) is 63.4 Å². The van der Waals surface area contributed by atoms with Crippen molar-refractivity contribution in [1.82, 2.24) is 0 Å². The summed E-state index contributed by atoms with van der Waals surface area (Å²) in [4.78, 5) is 0. The van der Waals surface area contributed by atoms with Gasteiger partial charge in [0.15, 0.2) is 0 Å². The molecule has 0 amide bonds. The Kier molecular flexibility index (Phi) is 4.07. The third kappa shape index (κ3) is 2.68. The zero-order valence-electron chi connectivity index (χ0n) is 10.5. The van der Waals surface area contributed by atoms with Crippen LogP contribution >= 0.6 is 0 Å². The molecule has 0 unspecified atom stereocenters. The van der Waals surface area contributed by atoms with Crippen LogP contribution in [0.5, 0.6) is 0 Å². The zero-order valence-corrected chi connectivity index (χ0v) is 10.5. The minimum absolute atomic E-state index is 0.0978. The van der Waals surface area contributed by atoms with Gasteiger partial charge >= 0.3 is 0 Å². The summed E-state index contributed by atoms with van der Waals surface area (Å²) >= 11 is 0. The van der Waals surface area contributed by atoms with Crippen molar-refractivity contribution in [3.8, 4) is 0 Å². The molecule has 2 atom stereocenters. The van der Waals surface area contributed by atoms with E-state index in [0.29, 0.717) is 0 Å². The Morgan fingerprint density at radius 3 is 2.00 bits per heavy atom. The normalized spacial score (nSPS) is 37.8. The van der Waals surface area contributed by atoms with Gasteiger partial charge in [0, 0.05) is 5.41 Å². The van der Waals surface area contributed by atoms with Gasteiger partial charge in [0.25, 0.3) is 0 Å². The largest absolute Gasteiger partial charge is 0.392 e. The highest BCUT2D eigenvalue weighted by Gasteiger charge is 2.51. The fraction of sp³-hybridized carbons (Fsp3) is 0.867. The van der Waals surface area contributed by atoms with Crippen molar-refractivity contribution in [1.29, 1.82) is 0 Å². The first-order valence-corrected chi connectivity index (χ1v) is 7.12. The lowest BCUT2D eigenvalue weighted by Gasteiger charge is -2.22. The van der Waals surface area contributed by atoms with Crippen molar-refractivity contribution in [2.24, 2.45) is 5.41 Å². The summed E-state index contributed by atoms with van der Waals surface area (Å²) < 4.78 is 0. The average Bonchev–Trinajstić information content (AvgIpc) is 2.91. The van der Waals surface area contributed by atoms with Gasteiger partial charge in [-0.15, -0.1) is 0 Å². The van der Waals surface area contributed by atoms with E-state index in [2.05, 4.69) is 6.58 Å². The van der Waals surface area contributed by atoms with Crippen molar-refractivity contribution in [2.75, 3.05) is 0 Å². The quantitative estimate of drug-likeness (QED) is 0.609. The van der Waals surface area contributed by atoms with E-state index in [9.17, 15) is 5.11 Å². The van der Waals surface area contributed by atoms with Gasteiger partial charge in [-0.05, 0) is 19.3 Å². The van der Waals surface area contributed by atoms with E-state index in [0.717, 1.165) is 12.8 Å². The summed E-state index contributed by atoms with van der Waals surface area (Å²) in [5.74, 6) is 0. The van der Waals surface area contributed by atoms with E-state index in [1.54, 1.807) is 0 Å². The van der Waals surface area contributed by atoms with Crippen LogP contribution in [0.4, 0.5) is 0 Å². The molecule has 1 heteroatoms. The van der Waals surface area contributed by atoms with Gasteiger partial charge in [-0.1, -0.05) is 63.5 Å². The molecule has 0 aromatic heterocycles. The van der Waals surface area contributed by atoms with Gasteiger partial charge in [-0.25, -0.2) is 0 Å². The molecule has 0 radical (unpaired) electrons. The molecule has 2 saturated carbocycles. The maximum atomic E-state index is 10.3. The van der Waals surface area contributed by atoms with Crippen LogP contribution < -0.4 is 0 Å². The lowest BCUT2D eigenvalue weighted by atomic mass is 9.87. The molecule has 92 valence electrons. The summed E-state index contributed by atoms with van der Waals surface area (Å²) in [6.45, 7) is 4.10. The fourth-order valence-electron chi connectivity index (χ4n) is 3.24. The van der Waals surface area contributed by atoms with Crippen molar-refractivity contribution >= 4 is 0 Å². The predicted molar refractivity (Wildman–Crippen MR) is 68.4 cm³/mol. The van der Waals surface area contributed by atoms with Crippen LogP contribution in [0, 0.1) is 5.41 Å². The highest BCUT2D eigenvalue weighted by Crippen LogP contribution is 2.58. The Hall–Kier alpha value is -0.300. The smallest absolute Gasteiger partial charge is 0.0636 e. The molecule has 0 aromatic carbocycles. The van der Waals surface area contributed by atoms with Crippen LogP contribution in [0.25, 0.3) is 0 Å². The minimum atomic E-state index is -0.0978. The molecule has 0 aliphatic heterocycles. The zero-order chi connectivity index (χ0) is 11.4. The summed E-state index contributed by atoms with van der Waals surface area (Å²) in [5, 5.41) is 10.3. The first kappa shape index (κ1) is 12.2. The average molecular weight is 222 g/mol. The Balaban J connectivity index is 1.88. The molecular weight excluding hydrogens is 196 g/mol. The molecule has 1 nitrogen and oxygen atoms in total. The number of rotatable bonds is 0. The monoisotopic (exact) mass is 222 g/mol. The molecule has 1 spiro atoms. The topological polar surface area (TPSA) is 20.2 Å². The van der Waals surface area contributed by atoms with Gasteiger partial charge in [0.1, 0.15) is 0 Å². The molecule has 16 heavy (non-hydrogen) atoms. The van der Waals surface area contributed by atoms with Crippen molar-refractivity contribution in [3.63, 3.8) is 0 Å².